The summed E-state index contributed by atoms with van der Waals surface area (Å²) >= 11 is 0. The number of rotatable bonds is 6. The smallest absolute Gasteiger partial charge is 0.185 e. The van der Waals surface area contributed by atoms with Crippen molar-refractivity contribution in [2.45, 2.75) is 69.5 Å². The lowest BCUT2D eigenvalue weighted by molar-refractivity contribution is -0.123. The highest BCUT2D eigenvalue weighted by molar-refractivity contribution is 7.91. The maximum atomic E-state index is 15.2. The summed E-state index contributed by atoms with van der Waals surface area (Å²) in [6.45, 7) is 3.46. The minimum atomic E-state index is -3.16. The zero-order chi connectivity index (χ0) is 30.4. The van der Waals surface area contributed by atoms with Crippen LogP contribution in [0.3, 0.4) is 0 Å². The molecular formula is C31H33F3N2O5S. The van der Waals surface area contributed by atoms with Crippen LogP contribution in [0.25, 0.3) is 11.3 Å². The van der Waals surface area contributed by atoms with E-state index < -0.39 is 56.0 Å². The molecule has 1 aliphatic heterocycles. The lowest BCUT2D eigenvalue weighted by Crippen LogP contribution is -2.49. The molecule has 0 radical (unpaired) electrons. The zero-order valence-corrected chi connectivity index (χ0v) is 24.2. The Balaban J connectivity index is 1.40. The molecule has 2 aliphatic rings. The standard InChI is InChI=1S/C31H33F3N2O5S/c1-17-11-20(15-28(38)31(17,2)39)22-5-8-35-16-21(22)14-27(37)26-4-3-23(32)30(36-26)29-24(33)12-19(13-25(29)34)18-6-9-42(40,41)10-7-18/h3-5,8,12-13,16-18,20,28,38-39H,6-7,9-11,14-15H2,1-2H3/t17-,20+,28+,31+/m0/s1. The molecule has 2 fully saturated rings. The van der Waals surface area contributed by atoms with Gasteiger partial charge in [-0.1, -0.05) is 6.92 Å². The molecule has 0 unspecified atom stereocenters. The Hall–Kier alpha value is -3.15. The lowest BCUT2D eigenvalue weighted by Gasteiger charge is -2.43. The third kappa shape index (κ3) is 6.00. The third-order valence-electron chi connectivity index (χ3n) is 9.01. The Kier molecular flexibility index (Phi) is 8.30. The highest BCUT2D eigenvalue weighted by atomic mass is 32.2. The molecule has 2 N–H and O–H groups in total. The predicted molar refractivity (Wildman–Crippen MR) is 150 cm³/mol. The molecule has 0 bridgehead atoms. The summed E-state index contributed by atoms with van der Waals surface area (Å²) in [5.74, 6) is -4.43. The Morgan fingerprint density at radius 3 is 2.33 bits per heavy atom. The van der Waals surface area contributed by atoms with Crippen LogP contribution in [0.2, 0.25) is 0 Å². The number of halogens is 3. The van der Waals surface area contributed by atoms with E-state index >= 15 is 8.78 Å². The van der Waals surface area contributed by atoms with E-state index in [-0.39, 0.29) is 54.2 Å². The maximum Gasteiger partial charge on any atom is 0.185 e. The monoisotopic (exact) mass is 602 g/mol. The van der Waals surface area contributed by atoms with Gasteiger partial charge in [0.1, 0.15) is 38.7 Å². The molecular weight excluding hydrogens is 569 g/mol. The molecule has 42 heavy (non-hydrogen) atoms. The molecule has 1 aliphatic carbocycles. The summed E-state index contributed by atoms with van der Waals surface area (Å²) in [5, 5.41) is 21.1. The van der Waals surface area contributed by atoms with Crippen LogP contribution in [0.4, 0.5) is 13.2 Å². The summed E-state index contributed by atoms with van der Waals surface area (Å²) in [6, 6.07) is 6.03. The molecule has 4 atom stereocenters. The van der Waals surface area contributed by atoms with Gasteiger partial charge >= 0.3 is 0 Å². The van der Waals surface area contributed by atoms with Crippen LogP contribution in [-0.4, -0.2) is 57.6 Å². The second-order valence-corrected chi connectivity index (χ2v) is 14.1. The first kappa shape index (κ1) is 30.3. The SMILES string of the molecule is C[C@H]1C[C@@H](c2ccncc2CC(=O)c2ccc(F)c(-c3c(F)cc(C4CCS(=O)(=O)CC4)cc3F)n2)C[C@@H](O)[C@]1(C)O. The van der Waals surface area contributed by atoms with E-state index in [9.17, 15) is 27.8 Å². The van der Waals surface area contributed by atoms with Crippen LogP contribution < -0.4 is 0 Å². The molecule has 1 saturated carbocycles. The van der Waals surface area contributed by atoms with Crippen molar-refractivity contribution in [1.29, 1.82) is 0 Å². The highest BCUT2D eigenvalue weighted by Crippen LogP contribution is 2.43. The molecule has 0 spiro atoms. The Morgan fingerprint density at radius 1 is 1.02 bits per heavy atom. The van der Waals surface area contributed by atoms with E-state index in [1.807, 2.05) is 6.92 Å². The number of Topliss-reactive ketones (excluding diaryl/α,β-unsaturated/α-hetero) is 1. The van der Waals surface area contributed by atoms with Gasteiger partial charge in [-0.25, -0.2) is 26.6 Å². The second-order valence-electron chi connectivity index (χ2n) is 11.8. The number of pyridine rings is 2. The van der Waals surface area contributed by atoms with Crippen LogP contribution in [-0.2, 0) is 16.3 Å². The molecule has 3 heterocycles. The average Bonchev–Trinajstić information content (AvgIpc) is 2.92. The first-order chi connectivity index (χ1) is 19.8. The van der Waals surface area contributed by atoms with Gasteiger partial charge < -0.3 is 10.2 Å². The van der Waals surface area contributed by atoms with Gasteiger partial charge in [-0.05, 0) is 97.4 Å². The quantitative estimate of drug-likeness (QED) is 0.386. The summed E-state index contributed by atoms with van der Waals surface area (Å²) < 4.78 is 68.8. The van der Waals surface area contributed by atoms with Crippen molar-refractivity contribution < 1.29 is 36.6 Å². The minimum absolute atomic E-state index is 0.0667. The van der Waals surface area contributed by atoms with Crippen LogP contribution >= 0.6 is 0 Å². The number of sulfone groups is 1. The predicted octanol–water partition coefficient (Wildman–Crippen LogP) is 4.90. The Bertz CT molecular complexity index is 1580. The number of hydrogen-bond donors (Lipinski definition) is 2. The van der Waals surface area contributed by atoms with E-state index in [1.165, 1.54) is 6.20 Å². The average molecular weight is 603 g/mol. The maximum absolute atomic E-state index is 15.2. The van der Waals surface area contributed by atoms with Crippen LogP contribution in [0.5, 0.6) is 0 Å². The summed E-state index contributed by atoms with van der Waals surface area (Å²) in [5.41, 5.74) is -1.07. The summed E-state index contributed by atoms with van der Waals surface area (Å²) in [7, 11) is -3.16. The van der Waals surface area contributed by atoms with E-state index in [0.717, 1.165) is 29.8 Å². The van der Waals surface area contributed by atoms with Crippen molar-refractivity contribution in [1.82, 2.24) is 9.97 Å². The van der Waals surface area contributed by atoms with E-state index in [2.05, 4.69) is 9.97 Å². The zero-order valence-electron chi connectivity index (χ0n) is 23.4. The topological polar surface area (TPSA) is 117 Å². The number of benzene rings is 1. The lowest BCUT2D eigenvalue weighted by atomic mass is 9.68. The number of hydrogen-bond acceptors (Lipinski definition) is 7. The third-order valence-corrected chi connectivity index (χ3v) is 10.7. The molecule has 0 amide bonds. The van der Waals surface area contributed by atoms with E-state index in [4.69, 9.17) is 0 Å². The number of aliphatic hydroxyl groups is 2. The molecule has 7 nitrogen and oxygen atoms in total. The summed E-state index contributed by atoms with van der Waals surface area (Å²) in [6.07, 6.45) is 3.38. The first-order valence-corrected chi connectivity index (χ1v) is 15.8. The van der Waals surface area contributed by atoms with Crippen molar-refractivity contribution in [2.24, 2.45) is 5.92 Å². The number of carbonyl (C=O) groups is 1. The van der Waals surface area contributed by atoms with Crippen molar-refractivity contribution in [3.63, 3.8) is 0 Å². The van der Waals surface area contributed by atoms with Gasteiger partial charge in [0, 0.05) is 18.8 Å². The van der Waals surface area contributed by atoms with Gasteiger partial charge in [-0.2, -0.15) is 0 Å². The van der Waals surface area contributed by atoms with Crippen molar-refractivity contribution in [2.75, 3.05) is 11.5 Å². The number of aromatic nitrogens is 2. The minimum Gasteiger partial charge on any atom is -0.390 e. The molecule has 11 heteroatoms. The molecule has 2 aromatic heterocycles. The Morgan fingerprint density at radius 2 is 1.69 bits per heavy atom. The van der Waals surface area contributed by atoms with Gasteiger partial charge in [-0.15, -0.1) is 0 Å². The number of nitrogens with zero attached hydrogens (tertiary/aromatic N) is 2. The van der Waals surface area contributed by atoms with Crippen molar-refractivity contribution in [3.05, 3.63) is 82.6 Å². The van der Waals surface area contributed by atoms with Crippen LogP contribution in [0, 0.1) is 23.4 Å². The number of carbonyl (C=O) groups excluding carboxylic acids is 1. The van der Waals surface area contributed by atoms with Gasteiger partial charge in [0.15, 0.2) is 5.78 Å². The largest absolute Gasteiger partial charge is 0.390 e. The van der Waals surface area contributed by atoms with Gasteiger partial charge in [0.2, 0.25) is 0 Å². The van der Waals surface area contributed by atoms with Gasteiger partial charge in [-0.3, -0.25) is 9.78 Å². The summed E-state index contributed by atoms with van der Waals surface area (Å²) in [4.78, 5) is 21.5. The number of ketones is 1. The number of aliphatic hydroxyl groups excluding tert-OH is 1. The molecule has 3 aromatic rings. The van der Waals surface area contributed by atoms with Crippen molar-refractivity contribution in [3.8, 4) is 11.3 Å². The van der Waals surface area contributed by atoms with Crippen LogP contribution in [0.15, 0.2) is 42.7 Å². The molecule has 1 saturated heterocycles. The van der Waals surface area contributed by atoms with Gasteiger partial charge in [0.25, 0.3) is 0 Å². The molecule has 224 valence electrons. The fourth-order valence-electron chi connectivity index (χ4n) is 6.15. The van der Waals surface area contributed by atoms with E-state index in [0.29, 0.717) is 24.0 Å². The fraction of sp³-hybridized carbons (Fsp3) is 0.452. The Labute approximate surface area is 242 Å². The normalized spacial score (nSPS) is 26.2. The van der Waals surface area contributed by atoms with E-state index in [1.54, 1.807) is 19.2 Å². The van der Waals surface area contributed by atoms with Crippen molar-refractivity contribution >= 4 is 15.6 Å². The molecule has 1 aromatic carbocycles. The van der Waals surface area contributed by atoms with Gasteiger partial charge in [0.05, 0.1) is 28.8 Å². The van der Waals surface area contributed by atoms with Crippen LogP contribution in [0.1, 0.15) is 78.5 Å². The second kappa shape index (κ2) is 11.5. The fourth-order valence-corrected chi connectivity index (χ4v) is 7.64. The molecule has 5 rings (SSSR count). The first-order valence-electron chi connectivity index (χ1n) is 14.0. The highest BCUT2D eigenvalue weighted by Gasteiger charge is 2.43.